The molecule has 32 heavy (non-hydrogen) atoms. The molecule has 0 radical (unpaired) electrons. The lowest BCUT2D eigenvalue weighted by atomic mass is 10.2. The van der Waals surface area contributed by atoms with E-state index >= 15 is 0 Å². The predicted molar refractivity (Wildman–Crippen MR) is 118 cm³/mol. The van der Waals surface area contributed by atoms with E-state index in [0.717, 1.165) is 4.57 Å². The molecule has 0 unspecified atom stereocenters. The lowest BCUT2D eigenvalue weighted by Gasteiger charge is -2.11. The molecule has 0 saturated heterocycles. The van der Waals surface area contributed by atoms with E-state index in [9.17, 15) is 18.8 Å². The van der Waals surface area contributed by atoms with Gasteiger partial charge >= 0.3 is 5.69 Å². The summed E-state index contributed by atoms with van der Waals surface area (Å²) in [4.78, 5) is 46.6. The van der Waals surface area contributed by atoms with Crippen LogP contribution in [0.1, 0.15) is 5.56 Å². The number of hydrogen-bond donors (Lipinski definition) is 1. The fourth-order valence-electron chi connectivity index (χ4n) is 3.21. The Kier molecular flexibility index (Phi) is 5.83. The Bertz CT molecular complexity index is 1450. The summed E-state index contributed by atoms with van der Waals surface area (Å²) in [6, 6.07) is 12.6. The van der Waals surface area contributed by atoms with Crippen molar-refractivity contribution >= 4 is 28.5 Å². The summed E-state index contributed by atoms with van der Waals surface area (Å²) in [6.45, 7) is -0.428. The number of hydrogen-bond acceptors (Lipinski definition) is 5. The zero-order chi connectivity index (χ0) is 22.8. The maximum Gasteiger partial charge on any atom is 0.332 e. The van der Waals surface area contributed by atoms with E-state index in [4.69, 9.17) is 11.6 Å². The molecule has 0 atom stereocenters. The van der Waals surface area contributed by atoms with E-state index in [1.54, 1.807) is 30.3 Å². The van der Waals surface area contributed by atoms with E-state index in [0.29, 0.717) is 22.0 Å². The molecule has 10 heteroatoms. The van der Waals surface area contributed by atoms with Gasteiger partial charge in [-0.2, -0.15) is 0 Å². The largest absolute Gasteiger partial charge is 0.350 e. The van der Waals surface area contributed by atoms with Crippen LogP contribution in [0.4, 0.5) is 4.39 Å². The second-order valence-electron chi connectivity index (χ2n) is 7.08. The highest BCUT2D eigenvalue weighted by atomic mass is 35.5. The molecule has 1 N–H and O–H groups in total. The zero-order valence-corrected chi connectivity index (χ0v) is 17.6. The normalized spacial score (nSPS) is 11.0. The molecule has 2 heterocycles. The van der Waals surface area contributed by atoms with Gasteiger partial charge in [0.15, 0.2) is 11.5 Å². The number of carbonyl (C=O) groups is 1. The number of nitrogens with zero attached hydrogens (tertiary/aromatic N) is 4. The molecule has 0 fully saturated rings. The van der Waals surface area contributed by atoms with Crippen molar-refractivity contribution in [1.82, 2.24) is 24.4 Å². The summed E-state index contributed by atoms with van der Waals surface area (Å²) in [7, 11) is 1.46. The smallest absolute Gasteiger partial charge is 0.332 e. The van der Waals surface area contributed by atoms with Crippen LogP contribution in [0.5, 0.6) is 0 Å². The quantitative estimate of drug-likeness (QED) is 0.500. The van der Waals surface area contributed by atoms with E-state index in [1.165, 1.54) is 36.0 Å². The Balaban J connectivity index is 1.63. The molecule has 4 aromatic rings. The first-order valence-corrected chi connectivity index (χ1v) is 9.95. The second-order valence-corrected chi connectivity index (χ2v) is 7.51. The molecule has 0 bridgehead atoms. The van der Waals surface area contributed by atoms with Crippen LogP contribution in [-0.4, -0.2) is 25.0 Å². The molecule has 8 nitrogen and oxygen atoms in total. The first kappa shape index (κ1) is 21.4. The lowest BCUT2D eigenvalue weighted by Crippen LogP contribution is -2.43. The molecule has 1 amide bonds. The number of carbonyl (C=O) groups excluding carboxylic acids is 1. The van der Waals surface area contributed by atoms with Gasteiger partial charge < -0.3 is 5.32 Å². The number of aromatic nitrogens is 4. The molecule has 0 aliphatic heterocycles. The topological polar surface area (TPSA) is 98.9 Å². The number of aryl methyl sites for hydroxylation is 1. The number of benzene rings is 2. The van der Waals surface area contributed by atoms with Crippen molar-refractivity contribution < 1.29 is 9.18 Å². The van der Waals surface area contributed by atoms with Gasteiger partial charge in [-0.3, -0.25) is 18.7 Å². The summed E-state index contributed by atoms with van der Waals surface area (Å²) in [5, 5.41) is 3.23. The van der Waals surface area contributed by atoms with Crippen molar-refractivity contribution in [3.05, 3.63) is 92.0 Å². The molecular weight excluding hydrogens is 437 g/mol. The molecule has 2 aromatic carbocycles. The van der Waals surface area contributed by atoms with Gasteiger partial charge in [-0.1, -0.05) is 23.7 Å². The van der Waals surface area contributed by atoms with Gasteiger partial charge in [-0.05, 0) is 42.0 Å². The number of amides is 1. The number of fused-ring (bicyclic) bond motifs is 1. The third-order valence-corrected chi connectivity index (χ3v) is 5.11. The third-order valence-electron chi connectivity index (χ3n) is 4.86. The molecule has 0 aliphatic carbocycles. The summed E-state index contributed by atoms with van der Waals surface area (Å²) in [5.74, 6) is -0.657. The van der Waals surface area contributed by atoms with Crippen LogP contribution in [0.3, 0.4) is 0 Å². The average Bonchev–Trinajstić information content (AvgIpc) is 2.79. The molecule has 0 saturated carbocycles. The minimum Gasteiger partial charge on any atom is -0.350 e. The highest BCUT2D eigenvalue weighted by molar-refractivity contribution is 6.30. The summed E-state index contributed by atoms with van der Waals surface area (Å²) >= 11 is 5.90. The summed E-state index contributed by atoms with van der Waals surface area (Å²) in [5.41, 5.74) is 0.0112. The van der Waals surface area contributed by atoms with Crippen molar-refractivity contribution in [2.45, 2.75) is 13.1 Å². The van der Waals surface area contributed by atoms with Gasteiger partial charge in [0.05, 0.1) is 0 Å². The summed E-state index contributed by atoms with van der Waals surface area (Å²) < 4.78 is 15.3. The number of rotatable bonds is 5. The van der Waals surface area contributed by atoms with Gasteiger partial charge in [0, 0.05) is 30.4 Å². The molecule has 162 valence electrons. The predicted octanol–water partition coefficient (Wildman–Crippen LogP) is 2.27. The SMILES string of the molecule is Cn1c(=O)n(CC(=O)NCc2cccc(F)c2)c(=O)c2cnc(-c3ccc(Cl)cc3)nc21. The Morgan fingerprint density at radius 3 is 2.62 bits per heavy atom. The molecule has 2 aromatic heterocycles. The van der Waals surface area contributed by atoms with Crippen LogP contribution in [0.25, 0.3) is 22.4 Å². The van der Waals surface area contributed by atoms with E-state index < -0.39 is 29.5 Å². The first-order valence-electron chi connectivity index (χ1n) is 9.57. The molecule has 4 rings (SSSR count). The van der Waals surface area contributed by atoms with Gasteiger partial charge in [0.2, 0.25) is 5.91 Å². The van der Waals surface area contributed by atoms with Gasteiger partial charge in [0.25, 0.3) is 5.56 Å². The van der Waals surface area contributed by atoms with Crippen LogP contribution in [0, 0.1) is 5.82 Å². The minimum atomic E-state index is -0.691. The maximum atomic E-state index is 13.3. The second kappa shape index (κ2) is 8.72. The summed E-state index contributed by atoms with van der Waals surface area (Å²) in [6.07, 6.45) is 1.33. The van der Waals surface area contributed by atoms with Crippen molar-refractivity contribution in [3.63, 3.8) is 0 Å². The number of nitrogens with one attached hydrogen (secondary N) is 1. The first-order chi connectivity index (χ1) is 15.3. The van der Waals surface area contributed by atoms with Crippen molar-refractivity contribution in [2.24, 2.45) is 7.05 Å². The van der Waals surface area contributed by atoms with Crippen LogP contribution in [-0.2, 0) is 24.9 Å². The van der Waals surface area contributed by atoms with Crippen LogP contribution >= 0.6 is 11.6 Å². The van der Waals surface area contributed by atoms with Crippen LogP contribution in [0.2, 0.25) is 5.02 Å². The molecule has 0 spiro atoms. The highest BCUT2D eigenvalue weighted by Gasteiger charge is 2.16. The fourth-order valence-corrected chi connectivity index (χ4v) is 3.33. The van der Waals surface area contributed by atoms with Gasteiger partial charge in [-0.25, -0.2) is 19.2 Å². The standard InChI is InChI=1S/C22H17ClFN5O3/c1-28-20-17(11-26-19(27-20)14-5-7-15(23)8-6-14)21(31)29(22(28)32)12-18(30)25-10-13-3-2-4-16(24)9-13/h2-9,11H,10,12H2,1H3,(H,25,30). The molecule has 0 aliphatic rings. The minimum absolute atomic E-state index is 0.0623. The monoisotopic (exact) mass is 453 g/mol. The maximum absolute atomic E-state index is 13.3. The van der Waals surface area contributed by atoms with E-state index in [-0.39, 0.29) is 17.6 Å². The third kappa shape index (κ3) is 4.28. The van der Waals surface area contributed by atoms with E-state index in [2.05, 4.69) is 15.3 Å². The Hall–Kier alpha value is -3.85. The Morgan fingerprint density at radius 1 is 1.16 bits per heavy atom. The van der Waals surface area contributed by atoms with Gasteiger partial charge in [0.1, 0.15) is 17.7 Å². The Labute approximate surface area is 185 Å². The Morgan fingerprint density at radius 2 is 1.91 bits per heavy atom. The van der Waals surface area contributed by atoms with Gasteiger partial charge in [-0.15, -0.1) is 0 Å². The average molecular weight is 454 g/mol. The molecular formula is C22H17ClFN5O3. The van der Waals surface area contributed by atoms with E-state index in [1.807, 2.05) is 0 Å². The fraction of sp³-hybridized carbons (Fsp3) is 0.136. The van der Waals surface area contributed by atoms with Crippen molar-refractivity contribution in [2.75, 3.05) is 0 Å². The van der Waals surface area contributed by atoms with Crippen LogP contribution in [0.15, 0.2) is 64.3 Å². The zero-order valence-electron chi connectivity index (χ0n) is 16.9. The van der Waals surface area contributed by atoms with Crippen molar-refractivity contribution in [3.8, 4) is 11.4 Å². The van der Waals surface area contributed by atoms with Crippen molar-refractivity contribution in [1.29, 1.82) is 0 Å². The van der Waals surface area contributed by atoms with Crippen LogP contribution < -0.4 is 16.6 Å². The lowest BCUT2D eigenvalue weighted by molar-refractivity contribution is -0.121. The highest BCUT2D eigenvalue weighted by Crippen LogP contribution is 2.19. The number of halogens is 2.